The minimum atomic E-state index is 0.142. The van der Waals surface area contributed by atoms with Crippen LogP contribution in [0.5, 0.6) is 0 Å². The van der Waals surface area contributed by atoms with E-state index in [-0.39, 0.29) is 18.1 Å². The smallest absolute Gasteiger partial charge is 0.253 e. The van der Waals surface area contributed by atoms with Gasteiger partial charge in [-0.3, -0.25) is 9.69 Å². The summed E-state index contributed by atoms with van der Waals surface area (Å²) in [5, 5.41) is 3.37. The first-order valence-electron chi connectivity index (χ1n) is 9.00. The first-order valence-corrected chi connectivity index (χ1v) is 9.00. The predicted molar refractivity (Wildman–Crippen MR) is 95.1 cm³/mol. The Morgan fingerprint density at radius 2 is 1.79 bits per heavy atom. The third-order valence-electron chi connectivity index (χ3n) is 4.76. The zero-order valence-corrected chi connectivity index (χ0v) is 15.0. The molecule has 5 heteroatoms. The molecule has 2 aliphatic rings. The highest BCUT2D eigenvalue weighted by Crippen LogP contribution is 2.15. The second-order valence-electron chi connectivity index (χ2n) is 7.25. The van der Waals surface area contributed by atoms with Crippen molar-refractivity contribution < 1.29 is 9.53 Å². The molecule has 132 valence electrons. The van der Waals surface area contributed by atoms with E-state index in [9.17, 15) is 4.79 Å². The lowest BCUT2D eigenvalue weighted by molar-refractivity contribution is -0.0704. The van der Waals surface area contributed by atoms with E-state index in [0.717, 1.165) is 44.8 Å². The van der Waals surface area contributed by atoms with Crippen LogP contribution in [0.25, 0.3) is 0 Å². The van der Waals surface area contributed by atoms with E-state index in [1.807, 2.05) is 17.0 Å². The molecule has 0 bridgehead atoms. The Labute approximate surface area is 145 Å². The second kappa shape index (κ2) is 7.64. The first kappa shape index (κ1) is 17.4. The maximum atomic E-state index is 12.6. The van der Waals surface area contributed by atoms with Crippen molar-refractivity contribution in [3.63, 3.8) is 0 Å². The van der Waals surface area contributed by atoms with Gasteiger partial charge in [-0.1, -0.05) is 12.1 Å². The third kappa shape index (κ3) is 4.35. The summed E-state index contributed by atoms with van der Waals surface area (Å²) in [6.07, 6.45) is 0.564. The standard InChI is InChI=1S/C19H29N3O2/c1-14-10-22(9-8-20-14)19(23)18-6-4-17(5-7-18)13-21-11-15(2)24-16(3)12-21/h4-7,14-16,20H,8-13H2,1-3H3/t14-,15-,16-/m1/s1. The van der Waals surface area contributed by atoms with Gasteiger partial charge < -0.3 is 15.0 Å². The monoisotopic (exact) mass is 331 g/mol. The van der Waals surface area contributed by atoms with E-state index >= 15 is 0 Å². The molecule has 1 aromatic rings. The largest absolute Gasteiger partial charge is 0.373 e. The summed E-state index contributed by atoms with van der Waals surface area (Å²) in [6, 6.07) is 8.48. The molecular weight excluding hydrogens is 302 g/mol. The molecule has 2 fully saturated rings. The van der Waals surface area contributed by atoms with Gasteiger partial charge in [0, 0.05) is 50.9 Å². The van der Waals surface area contributed by atoms with Crippen molar-refractivity contribution >= 4 is 5.91 Å². The van der Waals surface area contributed by atoms with Crippen molar-refractivity contribution in [3.8, 4) is 0 Å². The minimum Gasteiger partial charge on any atom is -0.373 e. The number of hydrogen-bond donors (Lipinski definition) is 1. The lowest BCUT2D eigenvalue weighted by Crippen LogP contribution is -2.51. The number of nitrogens with zero attached hydrogens (tertiary/aromatic N) is 2. The number of ether oxygens (including phenoxy) is 1. The highest BCUT2D eigenvalue weighted by Gasteiger charge is 2.23. The fourth-order valence-corrected chi connectivity index (χ4v) is 3.72. The summed E-state index contributed by atoms with van der Waals surface area (Å²) in [4.78, 5) is 17.0. The molecule has 3 rings (SSSR count). The minimum absolute atomic E-state index is 0.142. The van der Waals surface area contributed by atoms with Crippen molar-refractivity contribution in [1.29, 1.82) is 0 Å². The van der Waals surface area contributed by atoms with Gasteiger partial charge in [-0.25, -0.2) is 0 Å². The van der Waals surface area contributed by atoms with Crippen LogP contribution >= 0.6 is 0 Å². The van der Waals surface area contributed by atoms with Crippen LogP contribution in [0, 0.1) is 0 Å². The van der Waals surface area contributed by atoms with Gasteiger partial charge in [0.25, 0.3) is 5.91 Å². The van der Waals surface area contributed by atoms with Gasteiger partial charge in [-0.05, 0) is 38.5 Å². The van der Waals surface area contributed by atoms with Gasteiger partial charge in [0.15, 0.2) is 0 Å². The van der Waals surface area contributed by atoms with E-state index in [1.54, 1.807) is 0 Å². The highest BCUT2D eigenvalue weighted by atomic mass is 16.5. The Bertz CT molecular complexity index is 550. The molecule has 0 aromatic heterocycles. The predicted octanol–water partition coefficient (Wildman–Crippen LogP) is 1.73. The molecule has 2 aliphatic heterocycles. The SMILES string of the molecule is C[C@@H]1CN(C(=O)c2ccc(CN3C[C@@H](C)O[C@H](C)C3)cc2)CCN1. The number of morpholine rings is 1. The summed E-state index contributed by atoms with van der Waals surface area (Å²) in [5.41, 5.74) is 2.04. The fraction of sp³-hybridized carbons (Fsp3) is 0.632. The van der Waals surface area contributed by atoms with E-state index in [4.69, 9.17) is 4.74 Å². The van der Waals surface area contributed by atoms with Gasteiger partial charge in [0.05, 0.1) is 12.2 Å². The number of nitrogens with one attached hydrogen (secondary N) is 1. The van der Waals surface area contributed by atoms with Gasteiger partial charge in [-0.2, -0.15) is 0 Å². The van der Waals surface area contributed by atoms with Crippen molar-refractivity contribution in [1.82, 2.24) is 15.1 Å². The molecule has 2 heterocycles. The molecular formula is C19H29N3O2. The molecule has 1 N–H and O–H groups in total. The molecule has 3 atom stereocenters. The Hall–Kier alpha value is -1.43. The van der Waals surface area contributed by atoms with Crippen molar-refractivity contribution in [2.75, 3.05) is 32.7 Å². The Kier molecular flexibility index (Phi) is 5.54. The molecule has 0 saturated carbocycles. The molecule has 1 amide bonds. The lowest BCUT2D eigenvalue weighted by Gasteiger charge is -2.35. The maximum absolute atomic E-state index is 12.6. The van der Waals surface area contributed by atoms with Crippen LogP contribution < -0.4 is 5.32 Å². The summed E-state index contributed by atoms with van der Waals surface area (Å²) in [5.74, 6) is 0.142. The van der Waals surface area contributed by atoms with Gasteiger partial charge in [-0.15, -0.1) is 0 Å². The maximum Gasteiger partial charge on any atom is 0.253 e. The number of piperazine rings is 1. The normalized spacial score (nSPS) is 28.8. The molecule has 24 heavy (non-hydrogen) atoms. The summed E-state index contributed by atoms with van der Waals surface area (Å²) in [7, 11) is 0. The number of hydrogen-bond acceptors (Lipinski definition) is 4. The number of carbonyl (C=O) groups is 1. The summed E-state index contributed by atoms with van der Waals surface area (Å²) in [6.45, 7) is 11.6. The van der Waals surface area contributed by atoms with Gasteiger partial charge in [0.2, 0.25) is 0 Å². The molecule has 1 aromatic carbocycles. The zero-order valence-electron chi connectivity index (χ0n) is 15.0. The van der Waals surface area contributed by atoms with Crippen LogP contribution in [0.15, 0.2) is 24.3 Å². The molecule has 2 saturated heterocycles. The first-order chi connectivity index (χ1) is 11.5. The third-order valence-corrected chi connectivity index (χ3v) is 4.76. The highest BCUT2D eigenvalue weighted by molar-refractivity contribution is 5.94. The average molecular weight is 331 g/mol. The van der Waals surface area contributed by atoms with Gasteiger partial charge >= 0.3 is 0 Å². The van der Waals surface area contributed by atoms with Crippen molar-refractivity contribution in [3.05, 3.63) is 35.4 Å². The molecule has 0 aliphatic carbocycles. The van der Waals surface area contributed by atoms with E-state index in [2.05, 4.69) is 43.1 Å². The van der Waals surface area contributed by atoms with Gasteiger partial charge in [0.1, 0.15) is 0 Å². The number of benzene rings is 1. The van der Waals surface area contributed by atoms with Crippen LogP contribution in [0.2, 0.25) is 0 Å². The van der Waals surface area contributed by atoms with Crippen molar-refractivity contribution in [2.24, 2.45) is 0 Å². The average Bonchev–Trinajstić information content (AvgIpc) is 2.54. The van der Waals surface area contributed by atoms with E-state index in [1.165, 1.54) is 5.56 Å². The van der Waals surface area contributed by atoms with E-state index < -0.39 is 0 Å². The number of rotatable bonds is 3. The Balaban J connectivity index is 1.59. The zero-order chi connectivity index (χ0) is 17.1. The molecule has 0 radical (unpaired) electrons. The fourth-order valence-electron chi connectivity index (χ4n) is 3.72. The quantitative estimate of drug-likeness (QED) is 0.916. The second-order valence-corrected chi connectivity index (χ2v) is 7.25. The van der Waals surface area contributed by atoms with Crippen molar-refractivity contribution in [2.45, 2.75) is 45.6 Å². The van der Waals surface area contributed by atoms with E-state index in [0.29, 0.717) is 6.04 Å². The van der Waals surface area contributed by atoms with Crippen LogP contribution in [0.4, 0.5) is 0 Å². The van der Waals surface area contributed by atoms with Crippen LogP contribution in [-0.2, 0) is 11.3 Å². The molecule has 5 nitrogen and oxygen atoms in total. The Morgan fingerprint density at radius 1 is 1.12 bits per heavy atom. The van der Waals surface area contributed by atoms with Crippen LogP contribution in [0.1, 0.15) is 36.7 Å². The Morgan fingerprint density at radius 3 is 2.42 bits per heavy atom. The lowest BCUT2D eigenvalue weighted by atomic mass is 10.1. The number of carbonyl (C=O) groups excluding carboxylic acids is 1. The van der Waals surface area contributed by atoms with Crippen LogP contribution in [-0.4, -0.2) is 66.7 Å². The summed E-state index contributed by atoms with van der Waals surface area (Å²) >= 11 is 0. The summed E-state index contributed by atoms with van der Waals surface area (Å²) < 4.78 is 5.78. The number of amides is 1. The topological polar surface area (TPSA) is 44.8 Å². The molecule has 0 unspecified atom stereocenters. The van der Waals surface area contributed by atoms with Crippen LogP contribution in [0.3, 0.4) is 0 Å². The molecule has 0 spiro atoms.